The topological polar surface area (TPSA) is 50.4 Å². The van der Waals surface area contributed by atoms with Crippen molar-refractivity contribution in [2.75, 3.05) is 13.2 Å². The van der Waals surface area contributed by atoms with Gasteiger partial charge in [-0.05, 0) is 32.4 Å². The fourth-order valence-electron chi connectivity index (χ4n) is 2.87. The molecule has 2 N–H and O–H groups in total. The maximum atomic E-state index is 11.9. The molecular formula is C17H26N2O2. The van der Waals surface area contributed by atoms with E-state index < -0.39 is 0 Å². The Bertz CT molecular complexity index is 456. The summed E-state index contributed by atoms with van der Waals surface area (Å²) in [4.78, 5) is 11.9. The van der Waals surface area contributed by atoms with E-state index in [1.165, 1.54) is 12.8 Å². The summed E-state index contributed by atoms with van der Waals surface area (Å²) in [5.74, 6) is 0.764. The van der Waals surface area contributed by atoms with Crippen molar-refractivity contribution in [3.05, 3.63) is 29.8 Å². The number of carbonyl (C=O) groups excluding carboxylic acids is 1. The Hall–Kier alpha value is -1.55. The molecule has 4 nitrogen and oxygen atoms in total. The van der Waals surface area contributed by atoms with E-state index in [4.69, 9.17) is 4.74 Å². The number of hydrogen-bond acceptors (Lipinski definition) is 3. The van der Waals surface area contributed by atoms with Gasteiger partial charge in [-0.2, -0.15) is 0 Å². The average Bonchev–Trinajstić information content (AvgIpc) is 2.98. The van der Waals surface area contributed by atoms with Crippen molar-refractivity contribution < 1.29 is 9.53 Å². The summed E-state index contributed by atoms with van der Waals surface area (Å²) in [7, 11) is 0. The van der Waals surface area contributed by atoms with Crippen molar-refractivity contribution >= 4 is 5.91 Å². The predicted octanol–water partition coefficient (Wildman–Crippen LogP) is 2.79. The van der Waals surface area contributed by atoms with Crippen LogP contribution >= 0.6 is 0 Å². The summed E-state index contributed by atoms with van der Waals surface area (Å²) in [5.41, 5.74) is 1.09. The van der Waals surface area contributed by atoms with Crippen LogP contribution in [0.3, 0.4) is 0 Å². The van der Waals surface area contributed by atoms with Crippen LogP contribution in [-0.4, -0.2) is 25.1 Å². The van der Waals surface area contributed by atoms with E-state index >= 15 is 0 Å². The number of rotatable bonds is 7. The second-order valence-electron chi connectivity index (χ2n) is 5.65. The molecule has 21 heavy (non-hydrogen) atoms. The minimum Gasteiger partial charge on any atom is -0.483 e. The van der Waals surface area contributed by atoms with Crippen molar-refractivity contribution in [2.24, 2.45) is 0 Å². The molecule has 1 saturated carbocycles. The van der Waals surface area contributed by atoms with Gasteiger partial charge >= 0.3 is 0 Å². The molecule has 1 aromatic rings. The smallest absolute Gasteiger partial charge is 0.258 e. The van der Waals surface area contributed by atoms with Crippen LogP contribution in [-0.2, 0) is 4.79 Å². The Morgan fingerprint density at radius 1 is 1.33 bits per heavy atom. The van der Waals surface area contributed by atoms with E-state index in [2.05, 4.69) is 24.5 Å². The molecule has 0 radical (unpaired) electrons. The van der Waals surface area contributed by atoms with Crippen LogP contribution in [0.1, 0.15) is 51.1 Å². The molecule has 1 atom stereocenters. The van der Waals surface area contributed by atoms with Gasteiger partial charge in [-0.15, -0.1) is 0 Å². The molecule has 0 spiro atoms. The summed E-state index contributed by atoms with van der Waals surface area (Å²) in [6.45, 7) is 5.17. The van der Waals surface area contributed by atoms with Gasteiger partial charge in [0.2, 0.25) is 0 Å². The number of amides is 1. The van der Waals surface area contributed by atoms with Gasteiger partial charge in [0.25, 0.3) is 5.91 Å². The molecule has 1 aliphatic rings. The van der Waals surface area contributed by atoms with Crippen molar-refractivity contribution in [1.29, 1.82) is 0 Å². The number of ether oxygens (including phenoxy) is 1. The van der Waals surface area contributed by atoms with E-state index in [1.807, 2.05) is 24.3 Å². The van der Waals surface area contributed by atoms with Crippen LogP contribution in [0.5, 0.6) is 5.75 Å². The van der Waals surface area contributed by atoms with E-state index in [-0.39, 0.29) is 18.6 Å². The SMILES string of the molecule is CCNC(C)c1ccccc1OCC(=O)NC1CCCC1. The fraction of sp³-hybridized carbons (Fsp3) is 0.588. The van der Waals surface area contributed by atoms with Crippen molar-refractivity contribution in [2.45, 2.75) is 51.6 Å². The number of carbonyl (C=O) groups is 1. The summed E-state index contributed by atoms with van der Waals surface area (Å²) in [6.07, 6.45) is 4.63. The Balaban J connectivity index is 1.88. The minimum absolute atomic E-state index is 0.0205. The van der Waals surface area contributed by atoms with Crippen molar-refractivity contribution in [3.63, 3.8) is 0 Å². The predicted molar refractivity (Wildman–Crippen MR) is 84.4 cm³/mol. The number of nitrogens with one attached hydrogen (secondary N) is 2. The Morgan fingerprint density at radius 2 is 2.05 bits per heavy atom. The minimum atomic E-state index is -0.0205. The highest BCUT2D eigenvalue weighted by Gasteiger charge is 2.18. The molecule has 0 saturated heterocycles. The van der Waals surface area contributed by atoms with Gasteiger partial charge in [0.05, 0.1) is 0 Å². The van der Waals surface area contributed by atoms with Crippen LogP contribution in [0.2, 0.25) is 0 Å². The van der Waals surface area contributed by atoms with Gasteiger partial charge in [-0.1, -0.05) is 38.0 Å². The molecule has 116 valence electrons. The molecule has 1 amide bonds. The lowest BCUT2D eigenvalue weighted by molar-refractivity contribution is -0.123. The molecule has 2 rings (SSSR count). The van der Waals surface area contributed by atoms with Crippen LogP contribution < -0.4 is 15.4 Å². The lowest BCUT2D eigenvalue weighted by atomic mass is 10.1. The molecular weight excluding hydrogens is 264 g/mol. The largest absolute Gasteiger partial charge is 0.483 e. The summed E-state index contributed by atoms with van der Waals surface area (Å²) >= 11 is 0. The van der Waals surface area contributed by atoms with Crippen molar-refractivity contribution in [3.8, 4) is 5.75 Å². The van der Waals surface area contributed by atoms with E-state index in [9.17, 15) is 4.79 Å². The van der Waals surface area contributed by atoms with Crippen molar-refractivity contribution in [1.82, 2.24) is 10.6 Å². The zero-order valence-electron chi connectivity index (χ0n) is 13.0. The molecule has 1 fully saturated rings. The summed E-state index contributed by atoms with van der Waals surface area (Å²) in [5, 5.41) is 6.41. The molecule has 0 bridgehead atoms. The highest BCUT2D eigenvalue weighted by molar-refractivity contribution is 5.77. The second kappa shape index (κ2) is 8.03. The first-order valence-corrected chi connectivity index (χ1v) is 7.95. The summed E-state index contributed by atoms with van der Waals surface area (Å²) in [6, 6.07) is 8.45. The lowest BCUT2D eigenvalue weighted by Crippen LogP contribution is -2.36. The Kier molecular flexibility index (Phi) is 6.05. The fourth-order valence-corrected chi connectivity index (χ4v) is 2.87. The molecule has 1 aromatic carbocycles. The molecule has 4 heteroatoms. The second-order valence-corrected chi connectivity index (χ2v) is 5.65. The van der Waals surface area contributed by atoms with E-state index in [1.54, 1.807) is 0 Å². The van der Waals surface area contributed by atoms with Gasteiger partial charge < -0.3 is 15.4 Å². The number of benzene rings is 1. The van der Waals surface area contributed by atoms with Crippen LogP contribution in [0, 0.1) is 0 Å². The molecule has 1 aliphatic carbocycles. The van der Waals surface area contributed by atoms with Crippen LogP contribution in [0.15, 0.2) is 24.3 Å². The van der Waals surface area contributed by atoms with Gasteiger partial charge in [0.1, 0.15) is 5.75 Å². The van der Waals surface area contributed by atoms with Crippen LogP contribution in [0.4, 0.5) is 0 Å². The van der Waals surface area contributed by atoms with Gasteiger partial charge in [0, 0.05) is 17.6 Å². The first-order chi connectivity index (χ1) is 10.2. The highest BCUT2D eigenvalue weighted by atomic mass is 16.5. The maximum Gasteiger partial charge on any atom is 0.258 e. The first-order valence-electron chi connectivity index (χ1n) is 7.95. The van der Waals surface area contributed by atoms with Gasteiger partial charge in [0.15, 0.2) is 6.61 Å². The average molecular weight is 290 g/mol. The van der Waals surface area contributed by atoms with Gasteiger partial charge in [-0.25, -0.2) is 0 Å². The lowest BCUT2D eigenvalue weighted by Gasteiger charge is -2.18. The standard InChI is InChI=1S/C17H26N2O2/c1-3-18-13(2)15-10-6-7-11-16(15)21-12-17(20)19-14-8-4-5-9-14/h6-7,10-11,13-14,18H,3-5,8-9,12H2,1-2H3,(H,19,20). The molecule has 0 heterocycles. The maximum absolute atomic E-state index is 11.9. The number of hydrogen-bond donors (Lipinski definition) is 2. The zero-order valence-corrected chi connectivity index (χ0v) is 13.0. The summed E-state index contributed by atoms with van der Waals surface area (Å²) < 4.78 is 5.72. The third-order valence-corrected chi connectivity index (χ3v) is 3.97. The third kappa shape index (κ3) is 4.74. The normalized spacial score (nSPS) is 16.7. The number of para-hydroxylation sites is 1. The Labute approximate surface area is 127 Å². The van der Waals surface area contributed by atoms with Crippen LogP contribution in [0.25, 0.3) is 0 Å². The monoisotopic (exact) mass is 290 g/mol. The zero-order chi connectivity index (χ0) is 15.1. The first kappa shape index (κ1) is 15.8. The Morgan fingerprint density at radius 3 is 2.76 bits per heavy atom. The molecule has 0 aromatic heterocycles. The third-order valence-electron chi connectivity index (χ3n) is 3.97. The quantitative estimate of drug-likeness (QED) is 0.812. The van der Waals surface area contributed by atoms with Gasteiger partial charge in [-0.3, -0.25) is 4.79 Å². The highest BCUT2D eigenvalue weighted by Crippen LogP contribution is 2.24. The van der Waals surface area contributed by atoms with E-state index in [0.717, 1.165) is 30.7 Å². The molecule has 0 aliphatic heterocycles. The molecule has 1 unspecified atom stereocenters. The van der Waals surface area contributed by atoms with E-state index in [0.29, 0.717) is 6.04 Å².